The monoisotopic (exact) mass is 277 g/mol. The molecule has 1 aromatic carbocycles. The van der Waals surface area contributed by atoms with Crippen molar-refractivity contribution in [3.63, 3.8) is 0 Å². The quantitative estimate of drug-likeness (QED) is 0.809. The van der Waals surface area contributed by atoms with Gasteiger partial charge in [0, 0.05) is 25.7 Å². The van der Waals surface area contributed by atoms with Crippen LogP contribution >= 0.6 is 0 Å². The molecule has 0 bridgehead atoms. The Morgan fingerprint density at radius 1 is 1.35 bits per heavy atom. The van der Waals surface area contributed by atoms with E-state index in [9.17, 15) is 0 Å². The van der Waals surface area contributed by atoms with E-state index >= 15 is 0 Å². The number of ether oxygens (including phenoxy) is 1. The summed E-state index contributed by atoms with van der Waals surface area (Å²) in [5.41, 5.74) is 7.97. The molecule has 112 valence electrons. The molecule has 2 N–H and O–H groups in total. The first-order valence-corrected chi connectivity index (χ1v) is 7.56. The van der Waals surface area contributed by atoms with E-state index < -0.39 is 0 Å². The standard InChI is InChI=1S/C16H27N3O/c1-4-19(5-2)14-8-9-18(12-14)11-13-6-7-16(20-3)15(17)10-13/h6-7,10,14H,4-5,8-9,11-12,17H2,1-3H3. The largest absolute Gasteiger partial charge is 0.495 e. The van der Waals surface area contributed by atoms with Crippen LogP contribution in [-0.2, 0) is 6.54 Å². The van der Waals surface area contributed by atoms with Gasteiger partial charge in [0.05, 0.1) is 12.8 Å². The Hall–Kier alpha value is -1.26. The molecule has 0 radical (unpaired) electrons. The Morgan fingerprint density at radius 2 is 2.10 bits per heavy atom. The first kappa shape index (κ1) is 15.1. The molecule has 0 saturated carbocycles. The molecule has 0 aliphatic carbocycles. The minimum absolute atomic E-state index is 0.709. The number of likely N-dealkylation sites (tertiary alicyclic amines) is 1. The average Bonchev–Trinajstić information content (AvgIpc) is 2.89. The second kappa shape index (κ2) is 6.95. The molecule has 2 rings (SSSR count). The molecule has 1 aliphatic heterocycles. The van der Waals surface area contributed by atoms with Gasteiger partial charge in [-0.1, -0.05) is 19.9 Å². The fraction of sp³-hybridized carbons (Fsp3) is 0.625. The van der Waals surface area contributed by atoms with Gasteiger partial charge in [0.2, 0.25) is 0 Å². The lowest BCUT2D eigenvalue weighted by atomic mass is 10.2. The summed E-state index contributed by atoms with van der Waals surface area (Å²) in [6.07, 6.45) is 1.27. The fourth-order valence-corrected chi connectivity index (χ4v) is 3.13. The number of methoxy groups -OCH3 is 1. The van der Waals surface area contributed by atoms with Gasteiger partial charge in [-0.05, 0) is 37.2 Å². The number of anilines is 1. The van der Waals surface area contributed by atoms with Crippen LogP contribution in [-0.4, -0.2) is 49.1 Å². The summed E-state index contributed by atoms with van der Waals surface area (Å²) in [4.78, 5) is 5.08. The summed E-state index contributed by atoms with van der Waals surface area (Å²) >= 11 is 0. The van der Waals surface area contributed by atoms with Crippen LogP contribution in [0.5, 0.6) is 5.75 Å². The lowest BCUT2D eigenvalue weighted by Gasteiger charge is -2.26. The highest BCUT2D eigenvalue weighted by molar-refractivity contribution is 5.54. The number of rotatable bonds is 6. The Morgan fingerprint density at radius 3 is 2.70 bits per heavy atom. The summed E-state index contributed by atoms with van der Waals surface area (Å²) in [6, 6.07) is 6.81. The maximum atomic E-state index is 5.97. The molecule has 1 fully saturated rings. The van der Waals surface area contributed by atoms with Crippen molar-refractivity contribution in [3.05, 3.63) is 23.8 Å². The number of nitrogen functional groups attached to an aromatic ring is 1. The number of benzene rings is 1. The first-order chi connectivity index (χ1) is 9.67. The minimum atomic E-state index is 0.709. The third kappa shape index (κ3) is 3.44. The number of likely N-dealkylation sites (N-methyl/N-ethyl adjacent to an activating group) is 1. The molecular weight excluding hydrogens is 250 g/mol. The maximum Gasteiger partial charge on any atom is 0.141 e. The molecule has 1 atom stereocenters. The van der Waals surface area contributed by atoms with Gasteiger partial charge in [0.25, 0.3) is 0 Å². The summed E-state index contributed by atoms with van der Waals surface area (Å²) in [6.45, 7) is 10.1. The SMILES string of the molecule is CCN(CC)C1CCN(Cc2ccc(OC)c(N)c2)C1. The number of nitrogens with zero attached hydrogens (tertiary/aromatic N) is 2. The fourth-order valence-electron chi connectivity index (χ4n) is 3.13. The van der Waals surface area contributed by atoms with Gasteiger partial charge in [0.1, 0.15) is 5.75 Å². The van der Waals surface area contributed by atoms with E-state index in [1.807, 2.05) is 12.1 Å². The number of hydrogen-bond acceptors (Lipinski definition) is 4. The third-order valence-corrected chi connectivity index (χ3v) is 4.28. The predicted octanol–water partition coefficient (Wildman–Crippen LogP) is 2.19. The number of hydrogen-bond donors (Lipinski definition) is 1. The van der Waals surface area contributed by atoms with Gasteiger partial charge in [-0.25, -0.2) is 0 Å². The lowest BCUT2D eigenvalue weighted by molar-refractivity contribution is 0.209. The molecule has 4 nitrogen and oxygen atoms in total. The first-order valence-electron chi connectivity index (χ1n) is 7.56. The highest BCUT2D eigenvalue weighted by Gasteiger charge is 2.25. The van der Waals surface area contributed by atoms with Gasteiger partial charge in [-0.3, -0.25) is 9.80 Å². The van der Waals surface area contributed by atoms with E-state index in [1.54, 1.807) is 7.11 Å². The third-order valence-electron chi connectivity index (χ3n) is 4.28. The lowest BCUT2D eigenvalue weighted by Crippen LogP contribution is -2.37. The van der Waals surface area contributed by atoms with E-state index in [0.29, 0.717) is 6.04 Å². The van der Waals surface area contributed by atoms with Gasteiger partial charge in [0.15, 0.2) is 0 Å². The molecule has 1 heterocycles. The van der Waals surface area contributed by atoms with Crippen LogP contribution < -0.4 is 10.5 Å². The van der Waals surface area contributed by atoms with E-state index in [-0.39, 0.29) is 0 Å². The van der Waals surface area contributed by atoms with Crippen LogP contribution in [0.25, 0.3) is 0 Å². The van der Waals surface area contributed by atoms with Crippen LogP contribution in [0.15, 0.2) is 18.2 Å². The predicted molar refractivity (Wildman–Crippen MR) is 84.0 cm³/mol. The van der Waals surface area contributed by atoms with E-state index in [1.165, 1.54) is 18.5 Å². The van der Waals surface area contributed by atoms with Gasteiger partial charge in [-0.2, -0.15) is 0 Å². The zero-order valence-corrected chi connectivity index (χ0v) is 12.9. The van der Waals surface area contributed by atoms with Crippen molar-refractivity contribution >= 4 is 5.69 Å². The smallest absolute Gasteiger partial charge is 0.141 e. The Labute approximate surface area is 122 Å². The van der Waals surface area contributed by atoms with E-state index in [4.69, 9.17) is 10.5 Å². The summed E-state index contributed by atoms with van der Waals surface area (Å²) in [7, 11) is 1.65. The summed E-state index contributed by atoms with van der Waals surface area (Å²) in [5, 5.41) is 0. The highest BCUT2D eigenvalue weighted by Crippen LogP contribution is 2.24. The summed E-state index contributed by atoms with van der Waals surface area (Å²) in [5.74, 6) is 0.760. The van der Waals surface area contributed by atoms with Gasteiger partial charge >= 0.3 is 0 Å². The van der Waals surface area contributed by atoms with Crippen molar-refractivity contribution in [2.45, 2.75) is 32.9 Å². The molecule has 0 spiro atoms. The molecule has 4 heteroatoms. The van der Waals surface area contributed by atoms with Crippen LogP contribution in [0.3, 0.4) is 0 Å². The van der Waals surface area contributed by atoms with Crippen molar-refractivity contribution in [1.29, 1.82) is 0 Å². The second-order valence-corrected chi connectivity index (χ2v) is 5.48. The average molecular weight is 277 g/mol. The van der Waals surface area contributed by atoms with Crippen molar-refractivity contribution < 1.29 is 4.74 Å². The molecule has 1 aliphatic rings. The van der Waals surface area contributed by atoms with Crippen molar-refractivity contribution in [2.75, 3.05) is 39.0 Å². The van der Waals surface area contributed by atoms with Crippen LogP contribution in [0.2, 0.25) is 0 Å². The molecule has 20 heavy (non-hydrogen) atoms. The van der Waals surface area contributed by atoms with E-state index in [0.717, 1.165) is 37.6 Å². The van der Waals surface area contributed by atoms with Gasteiger partial charge in [-0.15, -0.1) is 0 Å². The van der Waals surface area contributed by atoms with Crippen LogP contribution in [0, 0.1) is 0 Å². The topological polar surface area (TPSA) is 41.7 Å². The Bertz CT molecular complexity index is 432. The van der Waals surface area contributed by atoms with E-state index in [2.05, 4.69) is 29.7 Å². The van der Waals surface area contributed by atoms with Crippen molar-refractivity contribution in [2.24, 2.45) is 0 Å². The second-order valence-electron chi connectivity index (χ2n) is 5.48. The Kier molecular flexibility index (Phi) is 5.26. The maximum absolute atomic E-state index is 5.97. The number of nitrogens with two attached hydrogens (primary N) is 1. The zero-order valence-electron chi connectivity index (χ0n) is 12.9. The minimum Gasteiger partial charge on any atom is -0.495 e. The van der Waals surface area contributed by atoms with Gasteiger partial charge < -0.3 is 10.5 Å². The highest BCUT2D eigenvalue weighted by atomic mass is 16.5. The summed E-state index contributed by atoms with van der Waals surface area (Å²) < 4.78 is 5.20. The van der Waals surface area contributed by atoms with Crippen LogP contribution in [0.1, 0.15) is 25.8 Å². The van der Waals surface area contributed by atoms with Crippen molar-refractivity contribution in [3.8, 4) is 5.75 Å². The van der Waals surface area contributed by atoms with Crippen LogP contribution in [0.4, 0.5) is 5.69 Å². The molecule has 0 amide bonds. The molecule has 1 saturated heterocycles. The normalized spacial score (nSPS) is 19.7. The molecule has 1 unspecified atom stereocenters. The molecular formula is C16H27N3O. The molecule has 0 aromatic heterocycles. The van der Waals surface area contributed by atoms with Crippen molar-refractivity contribution in [1.82, 2.24) is 9.80 Å². The Balaban J connectivity index is 1.93. The molecule has 1 aromatic rings. The zero-order chi connectivity index (χ0) is 14.5.